The molecule has 28 heavy (non-hydrogen) atoms. The van der Waals surface area contributed by atoms with Crippen molar-refractivity contribution in [3.05, 3.63) is 59.7 Å². The normalized spacial score (nSPS) is 13.5. The first kappa shape index (κ1) is 19.9. The molecule has 0 saturated carbocycles. The molecule has 0 aliphatic heterocycles. The van der Waals surface area contributed by atoms with Gasteiger partial charge in [0.15, 0.2) is 0 Å². The molecule has 1 aliphatic carbocycles. The van der Waals surface area contributed by atoms with Crippen molar-refractivity contribution in [1.82, 2.24) is 10.6 Å². The predicted octanol–water partition coefficient (Wildman–Crippen LogP) is 3.37. The highest BCUT2D eigenvalue weighted by Crippen LogP contribution is 2.44. The van der Waals surface area contributed by atoms with Crippen LogP contribution in [-0.4, -0.2) is 43.4 Å². The number of aliphatic carboxylic acids is 1. The van der Waals surface area contributed by atoms with Gasteiger partial charge in [0.1, 0.15) is 12.6 Å². The summed E-state index contributed by atoms with van der Waals surface area (Å²) in [6.45, 7) is 0.989. The summed E-state index contributed by atoms with van der Waals surface area (Å²) >= 11 is 0. The first-order valence-corrected chi connectivity index (χ1v) is 9.60. The molecule has 1 amide bonds. The molecule has 0 spiro atoms. The Morgan fingerprint density at radius 2 is 1.64 bits per heavy atom. The fourth-order valence-corrected chi connectivity index (χ4v) is 3.69. The van der Waals surface area contributed by atoms with Crippen molar-refractivity contribution >= 4 is 12.1 Å². The first-order chi connectivity index (χ1) is 13.6. The van der Waals surface area contributed by atoms with Crippen LogP contribution in [-0.2, 0) is 9.53 Å². The van der Waals surface area contributed by atoms with Gasteiger partial charge in [0.2, 0.25) is 0 Å². The summed E-state index contributed by atoms with van der Waals surface area (Å²) in [5, 5.41) is 14.8. The fourth-order valence-electron chi connectivity index (χ4n) is 3.69. The number of benzene rings is 2. The Kier molecular flexibility index (Phi) is 6.66. The SMILES string of the molecule is CNCCCC[C@@H](NC(=O)OCC1c2ccccc2-c2ccccc21)C(=O)O. The van der Waals surface area contributed by atoms with Crippen molar-refractivity contribution in [2.24, 2.45) is 0 Å². The number of carboxylic acids is 1. The van der Waals surface area contributed by atoms with Gasteiger partial charge in [-0.25, -0.2) is 9.59 Å². The van der Waals surface area contributed by atoms with Gasteiger partial charge in [0.05, 0.1) is 0 Å². The van der Waals surface area contributed by atoms with Crippen LogP contribution in [0.4, 0.5) is 4.79 Å². The van der Waals surface area contributed by atoms with E-state index in [1.807, 2.05) is 43.4 Å². The highest BCUT2D eigenvalue weighted by atomic mass is 16.5. The Bertz CT molecular complexity index is 791. The third-order valence-electron chi connectivity index (χ3n) is 5.10. The maximum Gasteiger partial charge on any atom is 0.407 e. The summed E-state index contributed by atoms with van der Waals surface area (Å²) in [6, 6.07) is 15.2. The minimum absolute atomic E-state index is 0.0444. The second-order valence-corrected chi connectivity index (χ2v) is 6.96. The van der Waals surface area contributed by atoms with Gasteiger partial charge in [-0.05, 0) is 55.1 Å². The Morgan fingerprint density at radius 3 is 2.21 bits per heavy atom. The average molecular weight is 382 g/mol. The molecule has 0 unspecified atom stereocenters. The number of ether oxygens (including phenoxy) is 1. The molecule has 2 aromatic carbocycles. The summed E-state index contributed by atoms with van der Waals surface area (Å²) < 4.78 is 5.42. The van der Waals surface area contributed by atoms with Gasteiger partial charge < -0.3 is 20.5 Å². The Hall–Kier alpha value is -2.86. The fraction of sp³-hybridized carbons (Fsp3) is 0.364. The van der Waals surface area contributed by atoms with Gasteiger partial charge >= 0.3 is 12.1 Å². The number of amides is 1. The molecule has 0 fully saturated rings. The molecule has 3 rings (SSSR count). The number of hydrogen-bond acceptors (Lipinski definition) is 4. The van der Waals surface area contributed by atoms with E-state index in [2.05, 4.69) is 22.8 Å². The second-order valence-electron chi connectivity index (χ2n) is 6.96. The lowest BCUT2D eigenvalue weighted by Gasteiger charge is -2.17. The van der Waals surface area contributed by atoms with E-state index in [-0.39, 0.29) is 12.5 Å². The number of carbonyl (C=O) groups excluding carboxylic acids is 1. The molecule has 3 N–H and O–H groups in total. The molecule has 6 heteroatoms. The van der Waals surface area contributed by atoms with E-state index in [1.54, 1.807) is 0 Å². The topological polar surface area (TPSA) is 87.7 Å². The van der Waals surface area contributed by atoms with Gasteiger partial charge in [-0.3, -0.25) is 0 Å². The third-order valence-corrected chi connectivity index (χ3v) is 5.10. The molecule has 0 aromatic heterocycles. The second kappa shape index (κ2) is 9.37. The van der Waals surface area contributed by atoms with Crippen LogP contribution in [0.2, 0.25) is 0 Å². The maximum atomic E-state index is 12.2. The quantitative estimate of drug-likeness (QED) is 0.579. The number of alkyl carbamates (subject to hydrolysis) is 1. The van der Waals surface area contributed by atoms with Crippen molar-refractivity contribution in [1.29, 1.82) is 0 Å². The minimum Gasteiger partial charge on any atom is -0.480 e. The molecule has 0 saturated heterocycles. The van der Waals surface area contributed by atoms with Crippen LogP contribution in [0.15, 0.2) is 48.5 Å². The lowest BCUT2D eigenvalue weighted by Crippen LogP contribution is -2.41. The molecule has 1 atom stereocenters. The number of hydrogen-bond donors (Lipinski definition) is 3. The van der Waals surface area contributed by atoms with Crippen molar-refractivity contribution in [2.75, 3.05) is 20.2 Å². The van der Waals surface area contributed by atoms with E-state index < -0.39 is 18.1 Å². The summed E-state index contributed by atoms with van der Waals surface area (Å²) in [4.78, 5) is 23.6. The van der Waals surface area contributed by atoms with Gasteiger partial charge in [-0.1, -0.05) is 48.5 Å². The van der Waals surface area contributed by atoms with Crippen LogP contribution in [0.5, 0.6) is 0 Å². The summed E-state index contributed by atoms with van der Waals surface area (Å²) in [6.07, 6.45) is 1.25. The molecule has 148 valence electrons. The highest BCUT2D eigenvalue weighted by Gasteiger charge is 2.29. The van der Waals surface area contributed by atoms with Crippen molar-refractivity contribution < 1.29 is 19.4 Å². The van der Waals surface area contributed by atoms with Crippen LogP contribution in [0, 0.1) is 0 Å². The number of carboxylic acid groups (broad SMARTS) is 1. The van der Waals surface area contributed by atoms with Crippen molar-refractivity contribution in [3.8, 4) is 11.1 Å². The van der Waals surface area contributed by atoms with E-state index in [4.69, 9.17) is 4.74 Å². The van der Waals surface area contributed by atoms with Gasteiger partial charge in [0, 0.05) is 5.92 Å². The molecule has 2 aromatic rings. The van der Waals surface area contributed by atoms with Gasteiger partial charge in [0.25, 0.3) is 0 Å². The standard InChI is InChI=1S/C22H26N2O4/c1-23-13-7-6-12-20(21(25)26)24-22(27)28-14-19-17-10-4-2-8-15(17)16-9-3-5-11-18(16)19/h2-5,8-11,19-20,23H,6-7,12-14H2,1H3,(H,24,27)(H,25,26)/t20-/m1/s1. The van der Waals surface area contributed by atoms with E-state index in [9.17, 15) is 14.7 Å². The molecule has 0 heterocycles. The zero-order chi connectivity index (χ0) is 19.9. The number of unbranched alkanes of at least 4 members (excludes halogenated alkanes) is 1. The van der Waals surface area contributed by atoms with Crippen LogP contribution in [0.1, 0.15) is 36.3 Å². The zero-order valence-corrected chi connectivity index (χ0v) is 16.0. The van der Waals surface area contributed by atoms with Crippen molar-refractivity contribution in [3.63, 3.8) is 0 Å². The molecular formula is C22H26N2O4. The highest BCUT2D eigenvalue weighted by molar-refractivity contribution is 5.81. The summed E-state index contributed by atoms with van der Waals surface area (Å²) in [5.41, 5.74) is 4.55. The lowest BCUT2D eigenvalue weighted by atomic mass is 9.98. The first-order valence-electron chi connectivity index (χ1n) is 9.60. The number of rotatable bonds is 9. The third kappa shape index (κ3) is 4.51. The number of fused-ring (bicyclic) bond motifs is 3. The number of nitrogens with one attached hydrogen (secondary N) is 2. The van der Waals surface area contributed by atoms with Gasteiger partial charge in [-0.2, -0.15) is 0 Å². The average Bonchev–Trinajstić information content (AvgIpc) is 3.02. The Morgan fingerprint density at radius 1 is 1.04 bits per heavy atom. The van der Waals surface area contributed by atoms with Crippen LogP contribution >= 0.6 is 0 Å². The van der Waals surface area contributed by atoms with E-state index in [0.717, 1.165) is 35.2 Å². The molecule has 1 aliphatic rings. The lowest BCUT2D eigenvalue weighted by molar-refractivity contribution is -0.139. The summed E-state index contributed by atoms with van der Waals surface area (Å²) in [7, 11) is 1.85. The smallest absolute Gasteiger partial charge is 0.407 e. The Labute approximate surface area is 164 Å². The minimum atomic E-state index is -1.04. The predicted molar refractivity (Wildman–Crippen MR) is 107 cm³/mol. The summed E-state index contributed by atoms with van der Waals surface area (Å²) in [5.74, 6) is -1.09. The van der Waals surface area contributed by atoms with E-state index in [0.29, 0.717) is 12.8 Å². The molecule has 0 radical (unpaired) electrons. The monoisotopic (exact) mass is 382 g/mol. The largest absolute Gasteiger partial charge is 0.480 e. The van der Waals surface area contributed by atoms with E-state index in [1.165, 1.54) is 0 Å². The molecule has 0 bridgehead atoms. The molecular weight excluding hydrogens is 356 g/mol. The Balaban J connectivity index is 1.60. The van der Waals surface area contributed by atoms with Gasteiger partial charge in [-0.15, -0.1) is 0 Å². The van der Waals surface area contributed by atoms with Crippen molar-refractivity contribution in [2.45, 2.75) is 31.2 Å². The number of carbonyl (C=O) groups is 2. The van der Waals surface area contributed by atoms with Crippen LogP contribution in [0.3, 0.4) is 0 Å². The molecule has 6 nitrogen and oxygen atoms in total. The zero-order valence-electron chi connectivity index (χ0n) is 16.0. The maximum absolute atomic E-state index is 12.2. The van der Waals surface area contributed by atoms with Crippen LogP contribution in [0.25, 0.3) is 11.1 Å². The van der Waals surface area contributed by atoms with E-state index >= 15 is 0 Å². The van der Waals surface area contributed by atoms with Crippen LogP contribution < -0.4 is 10.6 Å².